The Kier molecular flexibility index (Phi) is 3.92. The molecule has 0 bridgehead atoms. The van der Waals surface area contributed by atoms with Crippen LogP contribution in [0.4, 0.5) is 17.6 Å². The van der Waals surface area contributed by atoms with E-state index >= 15 is 0 Å². The first-order valence-electron chi connectivity index (χ1n) is 6.79. The van der Waals surface area contributed by atoms with E-state index in [0.717, 1.165) is 12.1 Å². The molecule has 7 heteroatoms. The maximum atomic E-state index is 12.9. The molecule has 0 saturated heterocycles. The number of ether oxygens (including phenoxy) is 1. The Morgan fingerprint density at radius 2 is 1.58 bits per heavy atom. The summed E-state index contributed by atoms with van der Waals surface area (Å²) in [7, 11) is 0. The Labute approximate surface area is 133 Å². The molecule has 0 amide bonds. The monoisotopic (exact) mass is 335 g/mol. The summed E-state index contributed by atoms with van der Waals surface area (Å²) in [6.07, 6.45) is -3.11. The first-order chi connectivity index (χ1) is 11.3. The molecule has 0 fully saturated rings. The maximum absolute atomic E-state index is 12.9. The van der Waals surface area contributed by atoms with Gasteiger partial charge in [-0.15, -0.1) is 0 Å². The van der Waals surface area contributed by atoms with E-state index in [9.17, 15) is 22.4 Å². The van der Waals surface area contributed by atoms with Crippen molar-refractivity contribution in [3.8, 4) is 0 Å². The number of carbonyl (C=O) groups is 1. The molecule has 0 aliphatic carbocycles. The summed E-state index contributed by atoms with van der Waals surface area (Å²) in [4.78, 5) is 15.8. The predicted octanol–water partition coefficient (Wildman–Crippen LogP) is 4.19. The SMILES string of the molecule is O=C1OC(c2ccc(F)cc2)=NC1=Cc1ccc(C(F)(F)F)cc1. The number of rotatable bonds is 2. The molecule has 0 N–H and O–H groups in total. The number of hydrogen-bond donors (Lipinski definition) is 0. The highest BCUT2D eigenvalue weighted by Crippen LogP contribution is 2.29. The van der Waals surface area contributed by atoms with Crippen LogP contribution in [0.25, 0.3) is 6.08 Å². The quantitative estimate of drug-likeness (QED) is 0.469. The fourth-order valence-corrected chi connectivity index (χ4v) is 2.05. The molecule has 2 aromatic carbocycles. The van der Waals surface area contributed by atoms with Gasteiger partial charge in [-0.2, -0.15) is 13.2 Å². The van der Waals surface area contributed by atoms with E-state index < -0.39 is 23.5 Å². The van der Waals surface area contributed by atoms with Gasteiger partial charge in [0.2, 0.25) is 5.90 Å². The molecule has 1 aliphatic heterocycles. The minimum Gasteiger partial charge on any atom is -0.402 e. The molecule has 0 atom stereocenters. The highest BCUT2D eigenvalue weighted by atomic mass is 19.4. The number of esters is 1. The van der Waals surface area contributed by atoms with E-state index in [1.54, 1.807) is 0 Å². The first-order valence-corrected chi connectivity index (χ1v) is 6.79. The number of halogens is 4. The van der Waals surface area contributed by atoms with Crippen LogP contribution >= 0.6 is 0 Å². The lowest BCUT2D eigenvalue weighted by molar-refractivity contribution is -0.137. The largest absolute Gasteiger partial charge is 0.416 e. The van der Waals surface area contributed by atoms with E-state index in [1.165, 1.54) is 42.5 Å². The summed E-state index contributed by atoms with van der Waals surface area (Å²) in [5.41, 5.74) is -0.0390. The highest BCUT2D eigenvalue weighted by molar-refractivity contribution is 6.12. The van der Waals surface area contributed by atoms with Gasteiger partial charge < -0.3 is 4.74 Å². The van der Waals surface area contributed by atoms with Crippen LogP contribution in [-0.4, -0.2) is 11.9 Å². The van der Waals surface area contributed by atoms with Crippen molar-refractivity contribution >= 4 is 17.9 Å². The van der Waals surface area contributed by atoms with Crippen LogP contribution < -0.4 is 0 Å². The van der Waals surface area contributed by atoms with Crippen molar-refractivity contribution in [2.45, 2.75) is 6.18 Å². The van der Waals surface area contributed by atoms with E-state index in [2.05, 4.69) is 4.99 Å². The summed E-state index contributed by atoms with van der Waals surface area (Å²) < 4.78 is 55.4. The van der Waals surface area contributed by atoms with Crippen LogP contribution in [0.2, 0.25) is 0 Å². The van der Waals surface area contributed by atoms with Gasteiger partial charge in [0.25, 0.3) is 0 Å². The van der Waals surface area contributed by atoms with Gasteiger partial charge in [0.15, 0.2) is 5.70 Å². The Balaban J connectivity index is 1.87. The predicted molar refractivity (Wildman–Crippen MR) is 78.5 cm³/mol. The molecule has 0 saturated carbocycles. The van der Waals surface area contributed by atoms with Gasteiger partial charge in [0.1, 0.15) is 5.82 Å². The van der Waals surface area contributed by atoms with E-state index in [4.69, 9.17) is 4.74 Å². The third-order valence-electron chi connectivity index (χ3n) is 3.25. The van der Waals surface area contributed by atoms with Crippen molar-refractivity contribution in [1.29, 1.82) is 0 Å². The van der Waals surface area contributed by atoms with Crippen LogP contribution in [-0.2, 0) is 15.7 Å². The summed E-state index contributed by atoms with van der Waals surface area (Å²) in [5.74, 6) is -1.16. The molecule has 0 unspecified atom stereocenters. The zero-order chi connectivity index (χ0) is 17.3. The summed E-state index contributed by atoms with van der Waals surface area (Å²) >= 11 is 0. The minimum atomic E-state index is -4.42. The second-order valence-electron chi connectivity index (χ2n) is 4.96. The lowest BCUT2D eigenvalue weighted by atomic mass is 10.1. The van der Waals surface area contributed by atoms with Gasteiger partial charge in [0.05, 0.1) is 5.56 Å². The zero-order valence-electron chi connectivity index (χ0n) is 12.0. The van der Waals surface area contributed by atoms with Crippen molar-refractivity contribution in [2.75, 3.05) is 0 Å². The number of hydrogen-bond acceptors (Lipinski definition) is 3. The lowest BCUT2D eigenvalue weighted by Crippen LogP contribution is -2.05. The average molecular weight is 335 g/mol. The third kappa shape index (κ3) is 3.34. The smallest absolute Gasteiger partial charge is 0.402 e. The Morgan fingerprint density at radius 1 is 0.958 bits per heavy atom. The van der Waals surface area contributed by atoms with Crippen molar-refractivity contribution in [3.05, 3.63) is 76.7 Å². The summed E-state index contributed by atoms with van der Waals surface area (Å²) in [5, 5.41) is 0. The molecule has 1 heterocycles. The number of alkyl halides is 3. The van der Waals surface area contributed by atoms with Crippen molar-refractivity contribution in [3.63, 3.8) is 0 Å². The molecule has 0 radical (unpaired) electrons. The number of nitrogens with zero attached hydrogens (tertiary/aromatic N) is 1. The van der Waals surface area contributed by atoms with Gasteiger partial charge in [-0.3, -0.25) is 0 Å². The van der Waals surface area contributed by atoms with Gasteiger partial charge >= 0.3 is 12.1 Å². The molecule has 3 rings (SSSR count). The molecule has 1 aliphatic rings. The maximum Gasteiger partial charge on any atom is 0.416 e. The molecule has 3 nitrogen and oxygen atoms in total. The Morgan fingerprint density at radius 3 is 2.17 bits per heavy atom. The van der Waals surface area contributed by atoms with E-state index in [0.29, 0.717) is 11.1 Å². The van der Waals surface area contributed by atoms with E-state index in [-0.39, 0.29) is 11.6 Å². The number of carbonyl (C=O) groups excluding carboxylic acids is 1. The minimum absolute atomic E-state index is 0.0122. The van der Waals surface area contributed by atoms with Crippen molar-refractivity contribution < 1.29 is 27.1 Å². The molecule has 24 heavy (non-hydrogen) atoms. The average Bonchev–Trinajstić information content (AvgIpc) is 2.89. The van der Waals surface area contributed by atoms with E-state index in [1.807, 2.05) is 0 Å². The lowest BCUT2D eigenvalue weighted by Gasteiger charge is -2.05. The molecular weight excluding hydrogens is 326 g/mol. The van der Waals surface area contributed by atoms with Crippen LogP contribution in [0.15, 0.2) is 59.2 Å². The normalized spacial score (nSPS) is 16.2. The second kappa shape index (κ2) is 5.92. The van der Waals surface area contributed by atoms with Gasteiger partial charge in [-0.1, -0.05) is 12.1 Å². The van der Waals surface area contributed by atoms with Crippen LogP contribution in [0, 0.1) is 5.82 Å². The first kappa shape index (κ1) is 15.9. The molecule has 122 valence electrons. The summed E-state index contributed by atoms with van der Waals surface area (Å²) in [6.45, 7) is 0. The number of aliphatic imine (C=N–C) groups is 1. The van der Waals surface area contributed by atoms with Crippen LogP contribution in [0.5, 0.6) is 0 Å². The van der Waals surface area contributed by atoms with Crippen molar-refractivity contribution in [2.24, 2.45) is 4.99 Å². The fourth-order valence-electron chi connectivity index (χ4n) is 2.05. The highest BCUT2D eigenvalue weighted by Gasteiger charge is 2.30. The molecule has 2 aromatic rings. The Bertz CT molecular complexity index is 834. The third-order valence-corrected chi connectivity index (χ3v) is 3.25. The van der Waals surface area contributed by atoms with Crippen LogP contribution in [0.1, 0.15) is 16.7 Å². The van der Waals surface area contributed by atoms with Gasteiger partial charge in [-0.25, -0.2) is 14.2 Å². The topological polar surface area (TPSA) is 38.7 Å². The standard InChI is InChI=1S/C17H9F4NO2/c18-13-7-3-11(4-8-13)15-22-14(16(23)24-15)9-10-1-5-12(6-2-10)17(19,20)21/h1-9H. The second-order valence-corrected chi connectivity index (χ2v) is 4.96. The molecule has 0 spiro atoms. The Hall–Kier alpha value is -2.96. The fraction of sp³-hybridized carbons (Fsp3) is 0.0588. The zero-order valence-corrected chi connectivity index (χ0v) is 12.0. The van der Waals surface area contributed by atoms with Crippen LogP contribution in [0.3, 0.4) is 0 Å². The summed E-state index contributed by atoms with van der Waals surface area (Å²) in [6, 6.07) is 9.50. The molecular formula is C17H9F4NO2. The molecule has 0 aromatic heterocycles. The van der Waals surface area contributed by atoms with Gasteiger partial charge in [0, 0.05) is 5.56 Å². The number of cyclic esters (lactones) is 1. The number of benzene rings is 2. The van der Waals surface area contributed by atoms with Gasteiger partial charge in [-0.05, 0) is 48.0 Å². The van der Waals surface area contributed by atoms with Crippen molar-refractivity contribution in [1.82, 2.24) is 0 Å².